The van der Waals surface area contributed by atoms with Crippen molar-refractivity contribution in [3.8, 4) is 0 Å². The summed E-state index contributed by atoms with van der Waals surface area (Å²) in [6, 6.07) is 0.0908. The van der Waals surface area contributed by atoms with Gasteiger partial charge in [-0.1, -0.05) is 0 Å². The van der Waals surface area contributed by atoms with E-state index in [2.05, 4.69) is 31.1 Å². The molecule has 28 heavy (non-hydrogen) atoms. The topological polar surface area (TPSA) is 71.7 Å². The second kappa shape index (κ2) is 10.5. The Morgan fingerprint density at radius 2 is 1.07 bits per heavy atom. The predicted molar refractivity (Wildman–Crippen MR) is 113 cm³/mol. The molecule has 0 aromatic carbocycles. The summed E-state index contributed by atoms with van der Waals surface area (Å²) in [6.07, 6.45) is 4.99. The van der Waals surface area contributed by atoms with Crippen molar-refractivity contribution in [2.24, 2.45) is 11.8 Å². The van der Waals surface area contributed by atoms with Crippen molar-refractivity contribution in [3.63, 3.8) is 0 Å². The fourth-order valence-electron chi connectivity index (χ4n) is 5.50. The number of nitrogens with one attached hydrogen (secondary N) is 4. The number of hydrogen-bond acceptors (Lipinski definition) is 7. The molecule has 0 aromatic rings. The Labute approximate surface area is 170 Å². The molecule has 7 heteroatoms. The predicted octanol–water partition coefficient (Wildman–Crippen LogP) is -0.898. The van der Waals surface area contributed by atoms with Crippen molar-refractivity contribution < 1.29 is 4.79 Å². The molecule has 0 aliphatic carbocycles. The molecule has 7 nitrogen and oxygen atoms in total. The lowest BCUT2D eigenvalue weighted by molar-refractivity contribution is -0.131. The molecule has 4 fully saturated rings. The van der Waals surface area contributed by atoms with E-state index in [9.17, 15) is 4.79 Å². The molecule has 0 aromatic heterocycles. The maximum Gasteiger partial charge on any atom is 0.169 e. The number of hydrogen-bond donors (Lipinski definition) is 4. The summed E-state index contributed by atoms with van der Waals surface area (Å²) < 4.78 is 0. The SMILES string of the molecule is O=C(C1CNCCN1CC1CCNCC1)C1CNCCN1CC1CCNCC1. The van der Waals surface area contributed by atoms with E-state index in [-0.39, 0.29) is 12.1 Å². The summed E-state index contributed by atoms with van der Waals surface area (Å²) in [5.41, 5.74) is 0. The van der Waals surface area contributed by atoms with E-state index in [0.29, 0.717) is 5.78 Å². The summed E-state index contributed by atoms with van der Waals surface area (Å²) in [6.45, 7) is 12.4. The van der Waals surface area contributed by atoms with Crippen molar-refractivity contribution >= 4 is 5.78 Å². The van der Waals surface area contributed by atoms with Gasteiger partial charge in [0.15, 0.2) is 5.78 Å². The summed E-state index contributed by atoms with van der Waals surface area (Å²) in [7, 11) is 0. The molecule has 0 amide bonds. The quantitative estimate of drug-likeness (QED) is 0.467. The molecular formula is C21H40N6O. The van der Waals surface area contributed by atoms with Gasteiger partial charge in [-0.3, -0.25) is 14.6 Å². The monoisotopic (exact) mass is 392 g/mol. The van der Waals surface area contributed by atoms with Crippen LogP contribution in [0.5, 0.6) is 0 Å². The molecule has 4 rings (SSSR count). The van der Waals surface area contributed by atoms with Crippen molar-refractivity contribution in [1.82, 2.24) is 31.1 Å². The van der Waals surface area contributed by atoms with E-state index in [4.69, 9.17) is 0 Å². The highest BCUT2D eigenvalue weighted by atomic mass is 16.1. The summed E-state index contributed by atoms with van der Waals surface area (Å²) in [5.74, 6) is 1.93. The summed E-state index contributed by atoms with van der Waals surface area (Å²) in [5, 5.41) is 13.9. The number of ketones is 1. The van der Waals surface area contributed by atoms with Gasteiger partial charge in [0.25, 0.3) is 0 Å². The molecule has 160 valence electrons. The van der Waals surface area contributed by atoms with E-state index < -0.39 is 0 Å². The molecule has 0 radical (unpaired) electrons. The lowest BCUT2D eigenvalue weighted by Crippen LogP contribution is -2.64. The minimum atomic E-state index is 0.0454. The van der Waals surface area contributed by atoms with E-state index in [0.717, 1.165) is 90.4 Å². The number of piperazine rings is 2. The zero-order valence-electron chi connectivity index (χ0n) is 17.4. The Bertz CT molecular complexity index is 449. The minimum Gasteiger partial charge on any atom is -0.317 e. The molecule has 4 N–H and O–H groups in total. The Morgan fingerprint density at radius 1 is 0.643 bits per heavy atom. The Kier molecular flexibility index (Phi) is 7.73. The van der Waals surface area contributed by atoms with Gasteiger partial charge in [-0.2, -0.15) is 0 Å². The molecule has 4 aliphatic rings. The molecule has 0 bridgehead atoms. The van der Waals surface area contributed by atoms with E-state index in [1.165, 1.54) is 25.7 Å². The van der Waals surface area contributed by atoms with Crippen molar-refractivity contribution in [2.45, 2.75) is 37.8 Å². The number of piperidine rings is 2. The van der Waals surface area contributed by atoms with Crippen molar-refractivity contribution in [1.29, 1.82) is 0 Å². The van der Waals surface area contributed by atoms with Gasteiger partial charge in [-0.15, -0.1) is 0 Å². The van der Waals surface area contributed by atoms with Gasteiger partial charge >= 0.3 is 0 Å². The van der Waals surface area contributed by atoms with Crippen LogP contribution in [-0.2, 0) is 4.79 Å². The van der Waals surface area contributed by atoms with Crippen LogP contribution in [0.4, 0.5) is 0 Å². The van der Waals surface area contributed by atoms with Crippen LogP contribution < -0.4 is 21.3 Å². The van der Waals surface area contributed by atoms with Gasteiger partial charge in [0.05, 0.1) is 12.1 Å². The van der Waals surface area contributed by atoms with Gasteiger partial charge in [-0.05, 0) is 63.7 Å². The fraction of sp³-hybridized carbons (Fsp3) is 0.952. The van der Waals surface area contributed by atoms with Crippen molar-refractivity contribution in [2.75, 3.05) is 78.5 Å². The first-order chi connectivity index (χ1) is 13.8. The maximum absolute atomic E-state index is 13.7. The Hall–Kier alpha value is -0.570. The zero-order valence-corrected chi connectivity index (χ0v) is 17.4. The fourth-order valence-corrected chi connectivity index (χ4v) is 5.50. The van der Waals surface area contributed by atoms with Gasteiger partial charge < -0.3 is 21.3 Å². The molecule has 2 unspecified atom stereocenters. The highest BCUT2D eigenvalue weighted by Crippen LogP contribution is 2.21. The molecule has 0 spiro atoms. The average molecular weight is 393 g/mol. The molecular weight excluding hydrogens is 352 g/mol. The van der Waals surface area contributed by atoms with Gasteiger partial charge in [0.2, 0.25) is 0 Å². The largest absolute Gasteiger partial charge is 0.317 e. The van der Waals surface area contributed by atoms with Crippen LogP contribution in [0, 0.1) is 11.8 Å². The maximum atomic E-state index is 13.7. The van der Waals surface area contributed by atoms with E-state index in [1.54, 1.807) is 0 Å². The molecule has 2 atom stereocenters. The second-order valence-corrected chi connectivity index (χ2v) is 9.22. The third-order valence-corrected chi connectivity index (χ3v) is 7.27. The van der Waals surface area contributed by atoms with Crippen LogP contribution in [0.25, 0.3) is 0 Å². The number of carbonyl (C=O) groups is 1. The normalized spacial score (nSPS) is 32.4. The third kappa shape index (κ3) is 5.32. The van der Waals surface area contributed by atoms with Crippen LogP contribution in [0.3, 0.4) is 0 Å². The van der Waals surface area contributed by atoms with Gasteiger partial charge in [-0.25, -0.2) is 0 Å². The van der Waals surface area contributed by atoms with E-state index in [1.807, 2.05) is 0 Å². The summed E-state index contributed by atoms with van der Waals surface area (Å²) in [4.78, 5) is 18.7. The highest BCUT2D eigenvalue weighted by Gasteiger charge is 2.38. The molecule has 4 aliphatic heterocycles. The minimum absolute atomic E-state index is 0.0454. The number of rotatable bonds is 6. The Morgan fingerprint density at radius 3 is 1.50 bits per heavy atom. The zero-order chi connectivity index (χ0) is 19.2. The number of Topliss-reactive ketones (excluding diaryl/α,β-unsaturated/α-hetero) is 1. The van der Waals surface area contributed by atoms with E-state index >= 15 is 0 Å². The number of carbonyl (C=O) groups excluding carboxylic acids is 1. The first-order valence-corrected chi connectivity index (χ1v) is 11.7. The lowest BCUT2D eigenvalue weighted by atomic mass is 9.92. The third-order valence-electron chi connectivity index (χ3n) is 7.27. The van der Waals surface area contributed by atoms with Gasteiger partial charge in [0, 0.05) is 52.4 Å². The smallest absolute Gasteiger partial charge is 0.169 e. The van der Waals surface area contributed by atoms with Crippen LogP contribution in [0.15, 0.2) is 0 Å². The first kappa shape index (κ1) is 20.7. The molecule has 4 saturated heterocycles. The van der Waals surface area contributed by atoms with Gasteiger partial charge in [0.1, 0.15) is 0 Å². The summed E-state index contributed by atoms with van der Waals surface area (Å²) >= 11 is 0. The van der Waals surface area contributed by atoms with Crippen LogP contribution >= 0.6 is 0 Å². The Balaban J connectivity index is 1.38. The average Bonchev–Trinajstić information content (AvgIpc) is 2.76. The van der Waals surface area contributed by atoms with Crippen LogP contribution in [0.2, 0.25) is 0 Å². The van der Waals surface area contributed by atoms with Crippen molar-refractivity contribution in [3.05, 3.63) is 0 Å². The molecule has 0 saturated carbocycles. The van der Waals surface area contributed by atoms with Crippen LogP contribution in [0.1, 0.15) is 25.7 Å². The highest BCUT2D eigenvalue weighted by molar-refractivity contribution is 5.89. The number of nitrogens with zero attached hydrogens (tertiary/aromatic N) is 2. The first-order valence-electron chi connectivity index (χ1n) is 11.7. The lowest BCUT2D eigenvalue weighted by Gasteiger charge is -2.43. The van der Waals surface area contributed by atoms with Crippen LogP contribution in [-0.4, -0.2) is 106 Å². The second-order valence-electron chi connectivity index (χ2n) is 9.22. The molecule has 4 heterocycles. The standard InChI is InChI=1S/C21H40N6O/c28-21(19-13-24-9-11-26(19)15-17-1-5-22-6-2-17)20-14-25-10-12-27(20)16-18-3-7-23-8-4-18/h17-20,22-25H,1-16H2.